The third-order valence-electron chi connectivity index (χ3n) is 3.81. The predicted molar refractivity (Wildman–Crippen MR) is 85.7 cm³/mol. The van der Waals surface area contributed by atoms with Gasteiger partial charge >= 0.3 is 0 Å². The number of hydrogen-bond donors (Lipinski definition) is 1. The van der Waals surface area contributed by atoms with Crippen LogP contribution in [0.3, 0.4) is 0 Å². The first kappa shape index (κ1) is 16.2. The van der Waals surface area contributed by atoms with Gasteiger partial charge in [0.25, 0.3) is 0 Å². The molecular weight excluding hydrogens is 230 g/mol. The van der Waals surface area contributed by atoms with E-state index in [4.69, 9.17) is 0 Å². The average Bonchev–Trinajstić information content (AvgIpc) is 2.34. The first-order valence-corrected chi connectivity index (χ1v) is 7.63. The van der Waals surface area contributed by atoms with Gasteiger partial charge in [0.2, 0.25) is 0 Å². The SMILES string of the molecule is CCC(C)CC(CNC(C)(C)C)c1ccc(C)cc1. The highest BCUT2D eigenvalue weighted by molar-refractivity contribution is 5.25. The summed E-state index contributed by atoms with van der Waals surface area (Å²) >= 11 is 0. The van der Waals surface area contributed by atoms with Crippen molar-refractivity contribution in [1.82, 2.24) is 5.32 Å². The molecule has 0 saturated carbocycles. The minimum Gasteiger partial charge on any atom is -0.311 e. The number of rotatable bonds is 6. The molecule has 2 atom stereocenters. The van der Waals surface area contributed by atoms with Crippen LogP contribution >= 0.6 is 0 Å². The smallest absolute Gasteiger partial charge is 0.00967 e. The van der Waals surface area contributed by atoms with E-state index < -0.39 is 0 Å². The fraction of sp³-hybridized carbons (Fsp3) is 0.667. The van der Waals surface area contributed by atoms with Crippen LogP contribution in [-0.2, 0) is 0 Å². The second kappa shape index (κ2) is 7.09. The molecular formula is C18H31N. The van der Waals surface area contributed by atoms with Crippen LogP contribution in [0.4, 0.5) is 0 Å². The molecule has 1 aromatic rings. The second-order valence-corrected chi connectivity index (χ2v) is 6.99. The molecule has 0 radical (unpaired) electrons. The van der Waals surface area contributed by atoms with E-state index in [1.807, 2.05) is 0 Å². The van der Waals surface area contributed by atoms with Gasteiger partial charge in [-0.2, -0.15) is 0 Å². The molecule has 0 heterocycles. The van der Waals surface area contributed by atoms with Crippen LogP contribution in [0.15, 0.2) is 24.3 Å². The van der Waals surface area contributed by atoms with Crippen molar-refractivity contribution in [3.05, 3.63) is 35.4 Å². The standard InChI is InChI=1S/C18H31N/c1-7-14(2)12-17(13-19-18(4,5)6)16-10-8-15(3)9-11-16/h8-11,14,17,19H,7,12-13H2,1-6H3. The predicted octanol–water partition coefficient (Wildman–Crippen LogP) is 4.90. The molecule has 0 aromatic heterocycles. The van der Waals surface area contributed by atoms with Gasteiger partial charge in [-0.05, 0) is 51.5 Å². The van der Waals surface area contributed by atoms with Gasteiger partial charge < -0.3 is 5.32 Å². The molecule has 1 nitrogen and oxygen atoms in total. The molecule has 0 aliphatic rings. The first-order chi connectivity index (χ1) is 8.81. The Morgan fingerprint density at radius 3 is 2.16 bits per heavy atom. The summed E-state index contributed by atoms with van der Waals surface area (Å²) in [4.78, 5) is 0. The van der Waals surface area contributed by atoms with Crippen LogP contribution in [0.2, 0.25) is 0 Å². The van der Waals surface area contributed by atoms with Crippen molar-refractivity contribution in [1.29, 1.82) is 0 Å². The minimum absolute atomic E-state index is 0.193. The molecule has 0 spiro atoms. The summed E-state index contributed by atoms with van der Waals surface area (Å²) < 4.78 is 0. The maximum atomic E-state index is 3.66. The fourth-order valence-corrected chi connectivity index (χ4v) is 2.26. The zero-order chi connectivity index (χ0) is 14.5. The third kappa shape index (κ3) is 6.24. The van der Waals surface area contributed by atoms with Gasteiger partial charge in [-0.3, -0.25) is 0 Å². The maximum Gasteiger partial charge on any atom is 0.00967 e. The van der Waals surface area contributed by atoms with E-state index in [1.54, 1.807) is 0 Å². The van der Waals surface area contributed by atoms with Crippen molar-refractivity contribution in [2.45, 2.75) is 65.8 Å². The Morgan fingerprint density at radius 2 is 1.68 bits per heavy atom. The summed E-state index contributed by atoms with van der Waals surface area (Å²) in [6.07, 6.45) is 2.53. The zero-order valence-corrected chi connectivity index (χ0v) is 13.6. The van der Waals surface area contributed by atoms with Crippen LogP contribution < -0.4 is 5.32 Å². The maximum absolute atomic E-state index is 3.66. The topological polar surface area (TPSA) is 12.0 Å². The highest BCUT2D eigenvalue weighted by Crippen LogP contribution is 2.25. The lowest BCUT2D eigenvalue weighted by molar-refractivity contribution is 0.372. The van der Waals surface area contributed by atoms with Gasteiger partial charge in [-0.1, -0.05) is 50.1 Å². The van der Waals surface area contributed by atoms with Gasteiger partial charge in [0.05, 0.1) is 0 Å². The van der Waals surface area contributed by atoms with Crippen molar-refractivity contribution in [3.8, 4) is 0 Å². The summed E-state index contributed by atoms with van der Waals surface area (Å²) in [5, 5.41) is 3.66. The molecule has 0 aliphatic heterocycles. The molecule has 2 unspecified atom stereocenters. The largest absolute Gasteiger partial charge is 0.311 e. The molecule has 1 aromatic carbocycles. The van der Waals surface area contributed by atoms with Crippen molar-refractivity contribution in [2.24, 2.45) is 5.92 Å². The van der Waals surface area contributed by atoms with E-state index in [0.29, 0.717) is 5.92 Å². The molecule has 1 heteroatoms. The number of hydrogen-bond acceptors (Lipinski definition) is 1. The highest BCUT2D eigenvalue weighted by Gasteiger charge is 2.17. The lowest BCUT2D eigenvalue weighted by Gasteiger charge is -2.27. The van der Waals surface area contributed by atoms with Crippen molar-refractivity contribution < 1.29 is 0 Å². The Morgan fingerprint density at radius 1 is 1.11 bits per heavy atom. The van der Waals surface area contributed by atoms with Gasteiger partial charge in [0.1, 0.15) is 0 Å². The minimum atomic E-state index is 0.193. The molecule has 1 N–H and O–H groups in total. The second-order valence-electron chi connectivity index (χ2n) is 6.99. The van der Waals surface area contributed by atoms with E-state index in [0.717, 1.165) is 12.5 Å². The molecule has 0 bridgehead atoms. The molecule has 0 aliphatic carbocycles. The average molecular weight is 261 g/mol. The Kier molecular flexibility index (Phi) is 6.06. The lowest BCUT2D eigenvalue weighted by atomic mass is 9.87. The normalized spacial score (nSPS) is 15.3. The van der Waals surface area contributed by atoms with Crippen molar-refractivity contribution in [2.75, 3.05) is 6.54 Å². The first-order valence-electron chi connectivity index (χ1n) is 7.63. The van der Waals surface area contributed by atoms with Crippen molar-refractivity contribution in [3.63, 3.8) is 0 Å². The summed E-state index contributed by atoms with van der Waals surface area (Å²) in [5.74, 6) is 1.41. The molecule has 1 rings (SSSR count). The third-order valence-corrected chi connectivity index (χ3v) is 3.81. The Balaban J connectivity index is 2.76. The van der Waals surface area contributed by atoms with Crippen LogP contribution in [0.5, 0.6) is 0 Å². The Bertz CT molecular complexity index is 358. The Labute approximate surface area is 119 Å². The molecule has 108 valence electrons. The van der Waals surface area contributed by atoms with Gasteiger partial charge in [0.15, 0.2) is 0 Å². The number of aryl methyl sites for hydroxylation is 1. The highest BCUT2D eigenvalue weighted by atomic mass is 14.9. The van der Waals surface area contributed by atoms with Crippen LogP contribution in [0, 0.1) is 12.8 Å². The summed E-state index contributed by atoms with van der Waals surface area (Å²) in [6, 6.07) is 9.06. The van der Waals surface area contributed by atoms with E-state index >= 15 is 0 Å². The number of benzene rings is 1. The van der Waals surface area contributed by atoms with Gasteiger partial charge in [0, 0.05) is 12.1 Å². The van der Waals surface area contributed by atoms with E-state index in [2.05, 4.69) is 71.1 Å². The van der Waals surface area contributed by atoms with Crippen LogP contribution in [0.25, 0.3) is 0 Å². The summed E-state index contributed by atoms with van der Waals surface area (Å²) in [6.45, 7) is 14.6. The van der Waals surface area contributed by atoms with Crippen LogP contribution in [-0.4, -0.2) is 12.1 Å². The van der Waals surface area contributed by atoms with E-state index in [1.165, 1.54) is 24.0 Å². The van der Waals surface area contributed by atoms with Gasteiger partial charge in [-0.15, -0.1) is 0 Å². The Hall–Kier alpha value is -0.820. The lowest BCUT2D eigenvalue weighted by Crippen LogP contribution is -2.38. The van der Waals surface area contributed by atoms with Gasteiger partial charge in [-0.25, -0.2) is 0 Å². The fourth-order valence-electron chi connectivity index (χ4n) is 2.26. The van der Waals surface area contributed by atoms with Crippen LogP contribution in [0.1, 0.15) is 64.5 Å². The summed E-state index contributed by atoms with van der Waals surface area (Å²) in [5.41, 5.74) is 3.01. The zero-order valence-electron chi connectivity index (χ0n) is 13.6. The summed E-state index contributed by atoms with van der Waals surface area (Å²) in [7, 11) is 0. The molecule has 0 amide bonds. The quantitative estimate of drug-likeness (QED) is 0.767. The van der Waals surface area contributed by atoms with E-state index in [-0.39, 0.29) is 5.54 Å². The molecule has 19 heavy (non-hydrogen) atoms. The number of nitrogens with one attached hydrogen (secondary N) is 1. The molecule has 0 fully saturated rings. The van der Waals surface area contributed by atoms with E-state index in [9.17, 15) is 0 Å². The molecule has 0 saturated heterocycles. The monoisotopic (exact) mass is 261 g/mol. The van der Waals surface area contributed by atoms with Crippen molar-refractivity contribution >= 4 is 0 Å².